The molecule has 0 aliphatic carbocycles. The Morgan fingerprint density at radius 2 is 1.13 bits per heavy atom. The van der Waals surface area contributed by atoms with E-state index in [-0.39, 0.29) is 17.0 Å². The Labute approximate surface area is 198 Å². The maximum atomic E-state index is 5.67. The van der Waals surface area contributed by atoms with Gasteiger partial charge in [0.05, 0.1) is 19.8 Å². The molecule has 1 saturated heterocycles. The first-order chi connectivity index (χ1) is 14.3. The lowest BCUT2D eigenvalue weighted by molar-refractivity contribution is -0.947. The van der Waals surface area contributed by atoms with Gasteiger partial charge in [0.25, 0.3) is 0 Å². The monoisotopic (exact) mass is 481 g/mol. The summed E-state index contributed by atoms with van der Waals surface area (Å²) in [6, 6.07) is 11.1. The summed E-state index contributed by atoms with van der Waals surface area (Å²) in [5.74, 6) is 0. The molecule has 0 atom stereocenters. The third kappa shape index (κ3) is 12.5. The minimum absolute atomic E-state index is 0. The molecule has 1 aliphatic rings. The molecule has 1 aliphatic heterocycles. The molecule has 0 spiro atoms. The number of ether oxygens (including phenoxy) is 1. The Morgan fingerprint density at radius 3 is 1.63 bits per heavy atom. The average Bonchev–Trinajstić information content (AvgIpc) is 2.75. The molecule has 0 saturated carbocycles. The molecule has 0 radical (unpaired) electrons. The number of morpholine rings is 1. The average molecular weight is 483 g/mol. The highest BCUT2D eigenvalue weighted by Crippen LogP contribution is 2.20. The van der Waals surface area contributed by atoms with Crippen molar-refractivity contribution in [1.29, 1.82) is 0 Å². The largest absolute Gasteiger partial charge is 1.00 e. The molecule has 0 bridgehead atoms. The number of hydrogen-bond acceptors (Lipinski definition) is 1. The topological polar surface area (TPSA) is 9.23 Å². The molecule has 1 heterocycles. The normalized spacial score (nSPS) is 15.6. The molecule has 174 valence electrons. The van der Waals surface area contributed by atoms with Gasteiger partial charge in [0, 0.05) is 5.56 Å². The van der Waals surface area contributed by atoms with Crippen molar-refractivity contribution in [3.8, 4) is 0 Å². The Kier molecular flexibility index (Phi) is 16.8. The molecule has 1 aromatic rings. The number of hydrogen-bond donors (Lipinski definition) is 0. The van der Waals surface area contributed by atoms with E-state index in [0.29, 0.717) is 0 Å². The van der Waals surface area contributed by atoms with Crippen LogP contribution in [0.25, 0.3) is 0 Å². The SMILES string of the molecule is CCCCCCCCCCCCCCCC[N+]1(Cc2ccccc2)CCOCC1.[Br-]. The fourth-order valence-corrected chi connectivity index (χ4v) is 4.80. The Hall–Kier alpha value is -0.380. The smallest absolute Gasteiger partial charge is 0.104 e. The van der Waals surface area contributed by atoms with E-state index in [2.05, 4.69) is 37.3 Å². The van der Waals surface area contributed by atoms with Crippen LogP contribution in [-0.2, 0) is 11.3 Å². The highest BCUT2D eigenvalue weighted by molar-refractivity contribution is 5.13. The van der Waals surface area contributed by atoms with Crippen LogP contribution in [0.3, 0.4) is 0 Å². The van der Waals surface area contributed by atoms with Crippen LogP contribution in [0.15, 0.2) is 30.3 Å². The van der Waals surface area contributed by atoms with E-state index in [0.717, 1.165) is 13.2 Å². The van der Waals surface area contributed by atoms with E-state index in [1.807, 2.05) is 0 Å². The summed E-state index contributed by atoms with van der Waals surface area (Å²) in [6.45, 7) is 9.06. The molecule has 0 amide bonds. The van der Waals surface area contributed by atoms with Gasteiger partial charge in [-0.25, -0.2) is 0 Å². The quantitative estimate of drug-likeness (QED) is 0.234. The summed E-state index contributed by atoms with van der Waals surface area (Å²) in [4.78, 5) is 0. The second-order valence-corrected chi connectivity index (χ2v) is 9.36. The zero-order valence-corrected chi connectivity index (χ0v) is 21.3. The van der Waals surface area contributed by atoms with E-state index in [1.165, 1.54) is 126 Å². The Bertz CT molecular complexity index is 487. The van der Waals surface area contributed by atoms with Crippen molar-refractivity contribution in [2.45, 2.75) is 103 Å². The van der Waals surface area contributed by atoms with Crippen molar-refractivity contribution in [1.82, 2.24) is 0 Å². The molecule has 2 rings (SSSR count). The van der Waals surface area contributed by atoms with Gasteiger partial charge in [-0.15, -0.1) is 0 Å². The Balaban J connectivity index is 0.00000450. The standard InChI is InChI=1S/C27H48NO.BrH/c1-2-3-4-5-6-7-8-9-10-11-12-13-14-18-21-28(22-24-29-25-23-28)26-27-19-16-15-17-20-27;/h15-17,19-20H,2-14,18,21-26H2,1H3;1H/q+1;/p-1. The number of benzene rings is 1. The van der Waals surface area contributed by atoms with Gasteiger partial charge in [-0.1, -0.05) is 114 Å². The van der Waals surface area contributed by atoms with Gasteiger partial charge in [0.15, 0.2) is 0 Å². The van der Waals surface area contributed by atoms with Gasteiger partial charge in [-0.2, -0.15) is 0 Å². The van der Waals surface area contributed by atoms with E-state index in [4.69, 9.17) is 4.74 Å². The van der Waals surface area contributed by atoms with Gasteiger partial charge < -0.3 is 26.2 Å². The minimum atomic E-state index is 0. The third-order valence-corrected chi connectivity index (χ3v) is 6.77. The summed E-state index contributed by atoms with van der Waals surface area (Å²) >= 11 is 0. The fourth-order valence-electron chi connectivity index (χ4n) is 4.80. The zero-order valence-electron chi connectivity index (χ0n) is 19.8. The molecular weight excluding hydrogens is 434 g/mol. The lowest BCUT2D eigenvalue weighted by Gasteiger charge is -2.41. The van der Waals surface area contributed by atoms with E-state index < -0.39 is 0 Å². The van der Waals surface area contributed by atoms with Gasteiger partial charge in [-0.05, 0) is 12.8 Å². The third-order valence-electron chi connectivity index (χ3n) is 6.77. The van der Waals surface area contributed by atoms with E-state index in [9.17, 15) is 0 Å². The second kappa shape index (κ2) is 18.2. The molecular formula is C27H48BrNO. The molecule has 0 unspecified atom stereocenters. The lowest BCUT2D eigenvalue weighted by Crippen LogP contribution is -3.00. The van der Waals surface area contributed by atoms with Crippen molar-refractivity contribution in [2.75, 3.05) is 32.8 Å². The van der Waals surface area contributed by atoms with Gasteiger partial charge in [0.1, 0.15) is 19.6 Å². The summed E-state index contributed by atoms with van der Waals surface area (Å²) in [5, 5.41) is 0. The maximum Gasteiger partial charge on any atom is 0.104 e. The zero-order chi connectivity index (χ0) is 20.5. The molecule has 0 aromatic heterocycles. The summed E-state index contributed by atoms with van der Waals surface area (Å²) in [7, 11) is 0. The molecule has 3 heteroatoms. The summed E-state index contributed by atoms with van der Waals surface area (Å²) in [6.07, 6.45) is 20.1. The number of halogens is 1. The number of unbranched alkanes of at least 4 members (excludes halogenated alkanes) is 13. The first-order valence-electron chi connectivity index (χ1n) is 12.8. The predicted octanol–water partition coefficient (Wildman–Crippen LogP) is 4.52. The van der Waals surface area contributed by atoms with Gasteiger partial charge >= 0.3 is 0 Å². The van der Waals surface area contributed by atoms with Crippen LogP contribution in [0.5, 0.6) is 0 Å². The van der Waals surface area contributed by atoms with Crippen LogP contribution in [0.4, 0.5) is 0 Å². The second-order valence-electron chi connectivity index (χ2n) is 9.36. The van der Waals surface area contributed by atoms with E-state index in [1.54, 1.807) is 0 Å². The van der Waals surface area contributed by atoms with Crippen LogP contribution in [0.2, 0.25) is 0 Å². The maximum absolute atomic E-state index is 5.67. The molecule has 30 heavy (non-hydrogen) atoms. The van der Waals surface area contributed by atoms with Crippen molar-refractivity contribution in [3.63, 3.8) is 0 Å². The van der Waals surface area contributed by atoms with Crippen molar-refractivity contribution in [3.05, 3.63) is 35.9 Å². The van der Waals surface area contributed by atoms with Crippen LogP contribution < -0.4 is 17.0 Å². The van der Waals surface area contributed by atoms with Crippen LogP contribution in [0.1, 0.15) is 102 Å². The number of rotatable bonds is 17. The highest BCUT2D eigenvalue weighted by atomic mass is 79.9. The first kappa shape index (κ1) is 27.7. The first-order valence-corrected chi connectivity index (χ1v) is 12.8. The highest BCUT2D eigenvalue weighted by Gasteiger charge is 2.29. The number of nitrogens with zero attached hydrogens (tertiary/aromatic N) is 1. The summed E-state index contributed by atoms with van der Waals surface area (Å²) in [5.41, 5.74) is 1.49. The van der Waals surface area contributed by atoms with Crippen molar-refractivity contribution >= 4 is 0 Å². The van der Waals surface area contributed by atoms with Crippen molar-refractivity contribution < 1.29 is 26.2 Å². The van der Waals surface area contributed by atoms with Crippen LogP contribution >= 0.6 is 0 Å². The van der Waals surface area contributed by atoms with Gasteiger partial charge in [-0.3, -0.25) is 0 Å². The minimum Gasteiger partial charge on any atom is -1.00 e. The molecule has 1 aromatic carbocycles. The lowest BCUT2D eigenvalue weighted by atomic mass is 10.0. The van der Waals surface area contributed by atoms with Crippen molar-refractivity contribution in [2.24, 2.45) is 0 Å². The fraction of sp³-hybridized carbons (Fsp3) is 0.778. The predicted molar refractivity (Wildman–Crippen MR) is 126 cm³/mol. The molecule has 1 fully saturated rings. The molecule has 2 nitrogen and oxygen atoms in total. The van der Waals surface area contributed by atoms with E-state index >= 15 is 0 Å². The summed E-state index contributed by atoms with van der Waals surface area (Å²) < 4.78 is 6.91. The number of quaternary nitrogens is 1. The Morgan fingerprint density at radius 1 is 0.667 bits per heavy atom. The van der Waals surface area contributed by atoms with Gasteiger partial charge in [0.2, 0.25) is 0 Å². The van der Waals surface area contributed by atoms with Crippen LogP contribution in [-0.4, -0.2) is 37.3 Å². The molecule has 0 N–H and O–H groups in total. The van der Waals surface area contributed by atoms with Crippen LogP contribution in [0, 0.1) is 0 Å².